The van der Waals surface area contributed by atoms with Crippen molar-refractivity contribution in [1.29, 1.82) is 0 Å². The molecule has 2 aliphatic carbocycles. The van der Waals surface area contributed by atoms with Crippen LogP contribution in [0.2, 0.25) is 0 Å². The van der Waals surface area contributed by atoms with Gasteiger partial charge in [0.2, 0.25) is 0 Å². The first kappa shape index (κ1) is 6.20. The Morgan fingerprint density at radius 2 is 2.10 bits per heavy atom. The molecule has 2 nitrogen and oxygen atoms in total. The van der Waals surface area contributed by atoms with Gasteiger partial charge in [0.05, 0.1) is 6.42 Å². The minimum Gasteiger partial charge on any atom is -0.481 e. The van der Waals surface area contributed by atoms with Crippen molar-refractivity contribution in [3.05, 3.63) is 0 Å². The fraction of sp³-hybridized carbons (Fsp3) is 0.875. The minimum absolute atomic E-state index is 0.284. The van der Waals surface area contributed by atoms with Gasteiger partial charge in [0, 0.05) is 0 Å². The van der Waals surface area contributed by atoms with E-state index in [1.807, 2.05) is 0 Å². The first-order chi connectivity index (χ1) is 4.73. The van der Waals surface area contributed by atoms with E-state index in [1.165, 1.54) is 25.7 Å². The van der Waals surface area contributed by atoms with Crippen LogP contribution in [0.15, 0.2) is 0 Å². The second-order valence-electron chi connectivity index (χ2n) is 3.71. The van der Waals surface area contributed by atoms with E-state index in [1.54, 1.807) is 0 Å². The zero-order valence-corrected chi connectivity index (χ0v) is 5.97. The summed E-state index contributed by atoms with van der Waals surface area (Å²) in [6.07, 6.45) is 5.34. The molecular formula is C8H12O2. The summed E-state index contributed by atoms with van der Waals surface area (Å²) in [5.41, 5.74) is 0.284. The van der Waals surface area contributed by atoms with Gasteiger partial charge in [0.15, 0.2) is 0 Å². The fourth-order valence-corrected chi connectivity index (χ4v) is 1.89. The Labute approximate surface area is 60.2 Å². The first-order valence-corrected chi connectivity index (χ1v) is 3.95. The Morgan fingerprint density at radius 1 is 1.50 bits per heavy atom. The molecule has 0 aliphatic heterocycles. The SMILES string of the molecule is O=C(O)CC1(C2CC2)CC1. The van der Waals surface area contributed by atoms with E-state index in [2.05, 4.69) is 0 Å². The summed E-state index contributed by atoms with van der Waals surface area (Å²) in [6.45, 7) is 0. The van der Waals surface area contributed by atoms with E-state index in [9.17, 15) is 4.79 Å². The molecule has 0 amide bonds. The van der Waals surface area contributed by atoms with Crippen molar-refractivity contribution < 1.29 is 9.90 Å². The molecule has 0 saturated heterocycles. The summed E-state index contributed by atoms with van der Waals surface area (Å²) in [5, 5.41) is 8.57. The van der Waals surface area contributed by atoms with Gasteiger partial charge in [-0.25, -0.2) is 0 Å². The van der Waals surface area contributed by atoms with Crippen LogP contribution in [0.25, 0.3) is 0 Å². The molecule has 2 saturated carbocycles. The molecule has 1 N–H and O–H groups in total. The molecule has 0 heterocycles. The normalized spacial score (nSPS) is 28.0. The van der Waals surface area contributed by atoms with Crippen LogP contribution in [0.4, 0.5) is 0 Å². The summed E-state index contributed by atoms with van der Waals surface area (Å²) in [7, 11) is 0. The van der Waals surface area contributed by atoms with Crippen molar-refractivity contribution in [3.8, 4) is 0 Å². The van der Waals surface area contributed by atoms with Crippen molar-refractivity contribution in [2.75, 3.05) is 0 Å². The van der Waals surface area contributed by atoms with Crippen LogP contribution in [-0.4, -0.2) is 11.1 Å². The zero-order valence-electron chi connectivity index (χ0n) is 5.97. The van der Waals surface area contributed by atoms with E-state index in [0.29, 0.717) is 6.42 Å². The second-order valence-corrected chi connectivity index (χ2v) is 3.71. The van der Waals surface area contributed by atoms with Gasteiger partial charge in [0.1, 0.15) is 0 Å². The highest BCUT2D eigenvalue weighted by Gasteiger charge is 2.54. The van der Waals surface area contributed by atoms with Crippen LogP contribution in [0.3, 0.4) is 0 Å². The Morgan fingerprint density at radius 3 is 2.40 bits per heavy atom. The Hall–Kier alpha value is -0.530. The number of carboxylic acid groups (broad SMARTS) is 1. The highest BCUT2D eigenvalue weighted by atomic mass is 16.4. The molecule has 56 valence electrons. The highest BCUT2D eigenvalue weighted by molar-refractivity contribution is 5.68. The number of rotatable bonds is 3. The first-order valence-electron chi connectivity index (χ1n) is 3.95. The van der Waals surface area contributed by atoms with Crippen molar-refractivity contribution in [3.63, 3.8) is 0 Å². The van der Waals surface area contributed by atoms with Gasteiger partial charge in [-0.3, -0.25) is 4.79 Å². The summed E-state index contributed by atoms with van der Waals surface area (Å²) < 4.78 is 0. The average molecular weight is 140 g/mol. The van der Waals surface area contributed by atoms with Crippen LogP contribution >= 0.6 is 0 Å². The van der Waals surface area contributed by atoms with Crippen molar-refractivity contribution in [2.24, 2.45) is 11.3 Å². The number of carbonyl (C=O) groups is 1. The van der Waals surface area contributed by atoms with Crippen molar-refractivity contribution in [2.45, 2.75) is 32.1 Å². The standard InChI is InChI=1S/C8H12O2/c9-7(10)5-8(3-4-8)6-1-2-6/h6H,1-5H2,(H,9,10). The van der Waals surface area contributed by atoms with E-state index < -0.39 is 5.97 Å². The molecule has 2 aliphatic rings. The van der Waals surface area contributed by atoms with Gasteiger partial charge in [-0.1, -0.05) is 0 Å². The van der Waals surface area contributed by atoms with Gasteiger partial charge in [-0.05, 0) is 37.0 Å². The number of carboxylic acids is 1. The second kappa shape index (κ2) is 1.74. The van der Waals surface area contributed by atoms with Crippen LogP contribution < -0.4 is 0 Å². The highest BCUT2D eigenvalue weighted by Crippen LogP contribution is 2.63. The molecule has 0 radical (unpaired) electrons. The number of hydrogen-bond donors (Lipinski definition) is 1. The van der Waals surface area contributed by atoms with Gasteiger partial charge in [0.25, 0.3) is 0 Å². The van der Waals surface area contributed by atoms with Crippen molar-refractivity contribution in [1.82, 2.24) is 0 Å². The minimum atomic E-state index is -0.607. The van der Waals surface area contributed by atoms with E-state index in [4.69, 9.17) is 5.11 Å². The van der Waals surface area contributed by atoms with Crippen LogP contribution in [-0.2, 0) is 4.79 Å². The maximum absolute atomic E-state index is 10.4. The molecule has 0 atom stereocenters. The number of aliphatic carboxylic acids is 1. The lowest BCUT2D eigenvalue weighted by Gasteiger charge is -2.08. The Balaban J connectivity index is 1.94. The molecular weight excluding hydrogens is 128 g/mol. The van der Waals surface area contributed by atoms with Gasteiger partial charge in [-0.2, -0.15) is 0 Å². The molecule has 0 spiro atoms. The summed E-state index contributed by atoms with van der Waals surface area (Å²) in [6, 6.07) is 0. The molecule has 2 fully saturated rings. The summed E-state index contributed by atoms with van der Waals surface area (Å²) in [4.78, 5) is 10.4. The number of hydrogen-bond acceptors (Lipinski definition) is 1. The predicted octanol–water partition coefficient (Wildman–Crippen LogP) is 1.65. The molecule has 0 aromatic heterocycles. The van der Waals surface area contributed by atoms with Crippen LogP contribution in [0.5, 0.6) is 0 Å². The molecule has 0 unspecified atom stereocenters. The summed E-state index contributed by atoms with van der Waals surface area (Å²) >= 11 is 0. The van der Waals surface area contributed by atoms with E-state index in [0.717, 1.165) is 5.92 Å². The molecule has 2 rings (SSSR count). The maximum atomic E-state index is 10.4. The monoisotopic (exact) mass is 140 g/mol. The topological polar surface area (TPSA) is 37.3 Å². The van der Waals surface area contributed by atoms with Crippen molar-refractivity contribution >= 4 is 5.97 Å². The molecule has 0 aromatic carbocycles. The third-order valence-electron chi connectivity index (χ3n) is 2.84. The van der Waals surface area contributed by atoms with Gasteiger partial charge < -0.3 is 5.11 Å². The molecule has 0 bridgehead atoms. The predicted molar refractivity (Wildman–Crippen MR) is 36.6 cm³/mol. The molecule has 2 heteroatoms. The molecule has 0 aromatic rings. The Bertz CT molecular complexity index is 166. The van der Waals surface area contributed by atoms with Gasteiger partial charge >= 0.3 is 5.97 Å². The molecule has 10 heavy (non-hydrogen) atoms. The lowest BCUT2D eigenvalue weighted by Crippen LogP contribution is -2.09. The van der Waals surface area contributed by atoms with Crippen LogP contribution in [0.1, 0.15) is 32.1 Å². The zero-order chi connectivity index (χ0) is 7.19. The quantitative estimate of drug-likeness (QED) is 0.647. The lowest BCUT2D eigenvalue weighted by atomic mass is 9.97. The summed E-state index contributed by atoms with van der Waals surface area (Å²) in [5.74, 6) is 0.174. The average Bonchev–Trinajstić information content (AvgIpc) is 2.55. The van der Waals surface area contributed by atoms with Crippen LogP contribution in [0, 0.1) is 11.3 Å². The third kappa shape index (κ3) is 0.917. The van der Waals surface area contributed by atoms with E-state index in [-0.39, 0.29) is 5.41 Å². The fourth-order valence-electron chi connectivity index (χ4n) is 1.89. The smallest absolute Gasteiger partial charge is 0.303 e. The Kier molecular flexibility index (Phi) is 1.08. The van der Waals surface area contributed by atoms with Gasteiger partial charge in [-0.15, -0.1) is 0 Å². The largest absolute Gasteiger partial charge is 0.481 e. The third-order valence-corrected chi connectivity index (χ3v) is 2.84. The van der Waals surface area contributed by atoms with E-state index >= 15 is 0 Å². The lowest BCUT2D eigenvalue weighted by molar-refractivity contribution is -0.138. The maximum Gasteiger partial charge on any atom is 0.303 e.